The van der Waals surface area contributed by atoms with Crippen molar-refractivity contribution in [3.05, 3.63) is 34.5 Å². The Kier molecular flexibility index (Phi) is 4.38. The van der Waals surface area contributed by atoms with Crippen molar-refractivity contribution in [2.75, 3.05) is 18.4 Å². The van der Waals surface area contributed by atoms with Crippen LogP contribution in [-0.2, 0) is 0 Å². The van der Waals surface area contributed by atoms with Gasteiger partial charge in [-0.1, -0.05) is 11.3 Å². The second kappa shape index (κ2) is 6.44. The first kappa shape index (κ1) is 15.0. The highest BCUT2D eigenvalue weighted by molar-refractivity contribution is 7.17. The molecule has 1 amide bonds. The molecule has 0 bridgehead atoms. The molecule has 0 atom stereocenters. The molecule has 1 saturated heterocycles. The predicted molar refractivity (Wildman–Crippen MR) is 88.9 cm³/mol. The van der Waals surface area contributed by atoms with E-state index in [4.69, 9.17) is 0 Å². The van der Waals surface area contributed by atoms with Crippen LogP contribution in [0.1, 0.15) is 40.2 Å². The molecule has 22 heavy (non-hydrogen) atoms. The van der Waals surface area contributed by atoms with Gasteiger partial charge in [-0.25, -0.2) is 9.97 Å². The summed E-state index contributed by atoms with van der Waals surface area (Å²) in [5.74, 6) is 0.866. The smallest absolute Gasteiger partial charge is 0.265 e. The van der Waals surface area contributed by atoms with Gasteiger partial charge in [0.05, 0.1) is 5.69 Å². The van der Waals surface area contributed by atoms with Gasteiger partial charge in [0, 0.05) is 19.3 Å². The van der Waals surface area contributed by atoms with Crippen LogP contribution in [0.4, 0.5) is 10.9 Å². The van der Waals surface area contributed by atoms with Crippen LogP contribution in [-0.4, -0.2) is 33.9 Å². The van der Waals surface area contributed by atoms with E-state index < -0.39 is 0 Å². The summed E-state index contributed by atoms with van der Waals surface area (Å²) in [6.07, 6.45) is 5.18. The fourth-order valence-electron chi connectivity index (χ4n) is 2.60. The average molecular weight is 316 g/mol. The number of piperidine rings is 1. The maximum atomic E-state index is 12.6. The second-order valence-electron chi connectivity index (χ2n) is 5.63. The second-order valence-corrected chi connectivity index (χ2v) is 6.63. The Bertz CT molecular complexity index is 677. The van der Waals surface area contributed by atoms with Gasteiger partial charge in [-0.2, -0.15) is 0 Å². The SMILES string of the molecule is Cc1ccnc(Nc2nc(C)c(C(=O)N3CCCCC3)s2)c1. The zero-order chi connectivity index (χ0) is 15.5. The van der Waals surface area contributed by atoms with Gasteiger partial charge in [0.25, 0.3) is 5.91 Å². The lowest BCUT2D eigenvalue weighted by Gasteiger charge is -2.26. The summed E-state index contributed by atoms with van der Waals surface area (Å²) in [5, 5.41) is 3.91. The summed E-state index contributed by atoms with van der Waals surface area (Å²) < 4.78 is 0. The van der Waals surface area contributed by atoms with Crippen molar-refractivity contribution >= 4 is 28.2 Å². The lowest BCUT2D eigenvalue weighted by Crippen LogP contribution is -2.35. The molecule has 3 heterocycles. The standard InChI is InChI=1S/C16H20N4OS/c1-11-6-7-17-13(10-11)19-16-18-12(2)14(22-16)15(21)20-8-4-3-5-9-20/h6-7,10H,3-5,8-9H2,1-2H3,(H,17,18,19). The Labute approximate surface area is 134 Å². The number of likely N-dealkylation sites (tertiary alicyclic amines) is 1. The Hall–Kier alpha value is -1.95. The van der Waals surface area contributed by atoms with Crippen LogP contribution < -0.4 is 5.32 Å². The van der Waals surface area contributed by atoms with E-state index in [2.05, 4.69) is 15.3 Å². The predicted octanol–water partition coefficient (Wildman–Crippen LogP) is 3.52. The van der Waals surface area contributed by atoms with Crippen LogP contribution in [0.2, 0.25) is 0 Å². The summed E-state index contributed by atoms with van der Waals surface area (Å²) in [6, 6.07) is 3.91. The van der Waals surface area contributed by atoms with E-state index in [1.807, 2.05) is 30.9 Å². The number of pyridine rings is 1. The number of carbonyl (C=O) groups excluding carboxylic acids is 1. The van der Waals surface area contributed by atoms with Crippen molar-refractivity contribution in [2.45, 2.75) is 33.1 Å². The summed E-state index contributed by atoms with van der Waals surface area (Å²) in [7, 11) is 0. The number of nitrogens with one attached hydrogen (secondary N) is 1. The molecule has 6 heteroatoms. The molecule has 3 rings (SSSR count). The Morgan fingerprint density at radius 1 is 1.27 bits per heavy atom. The largest absolute Gasteiger partial charge is 0.338 e. The van der Waals surface area contributed by atoms with Gasteiger partial charge in [0.15, 0.2) is 5.13 Å². The number of aromatic nitrogens is 2. The molecule has 1 N–H and O–H groups in total. The molecular formula is C16H20N4OS. The van der Waals surface area contributed by atoms with Gasteiger partial charge in [-0.15, -0.1) is 0 Å². The molecule has 116 valence electrons. The minimum absolute atomic E-state index is 0.111. The average Bonchev–Trinajstić information content (AvgIpc) is 2.88. The van der Waals surface area contributed by atoms with Crippen LogP contribution in [0.5, 0.6) is 0 Å². The van der Waals surface area contributed by atoms with Crippen molar-refractivity contribution in [2.24, 2.45) is 0 Å². The minimum Gasteiger partial charge on any atom is -0.338 e. The molecule has 0 aliphatic carbocycles. The minimum atomic E-state index is 0.111. The summed E-state index contributed by atoms with van der Waals surface area (Å²) in [4.78, 5) is 24.0. The van der Waals surface area contributed by atoms with Crippen LogP contribution in [0.15, 0.2) is 18.3 Å². The van der Waals surface area contributed by atoms with Gasteiger partial charge >= 0.3 is 0 Å². The van der Waals surface area contributed by atoms with Crippen LogP contribution in [0.25, 0.3) is 0 Å². The number of nitrogens with zero attached hydrogens (tertiary/aromatic N) is 3. The molecule has 5 nitrogen and oxygen atoms in total. The molecule has 2 aromatic rings. The van der Waals surface area contributed by atoms with Gasteiger partial charge in [-0.3, -0.25) is 4.79 Å². The molecule has 1 aliphatic heterocycles. The fourth-order valence-corrected chi connectivity index (χ4v) is 3.54. The number of rotatable bonds is 3. The van der Waals surface area contributed by atoms with Crippen molar-refractivity contribution < 1.29 is 4.79 Å². The summed E-state index contributed by atoms with van der Waals surface area (Å²) >= 11 is 1.41. The molecule has 0 spiro atoms. The van der Waals surface area contributed by atoms with Crippen LogP contribution >= 0.6 is 11.3 Å². The normalized spacial score (nSPS) is 14.9. The maximum absolute atomic E-state index is 12.6. The zero-order valence-electron chi connectivity index (χ0n) is 12.9. The van der Waals surface area contributed by atoms with E-state index in [1.165, 1.54) is 17.8 Å². The Morgan fingerprint density at radius 3 is 2.77 bits per heavy atom. The number of aryl methyl sites for hydroxylation is 2. The third kappa shape index (κ3) is 3.27. The van der Waals surface area contributed by atoms with Crippen molar-refractivity contribution in [1.82, 2.24) is 14.9 Å². The highest BCUT2D eigenvalue weighted by Crippen LogP contribution is 2.27. The fraction of sp³-hybridized carbons (Fsp3) is 0.438. The molecule has 1 aliphatic rings. The molecular weight excluding hydrogens is 296 g/mol. The van der Waals surface area contributed by atoms with E-state index in [9.17, 15) is 4.79 Å². The van der Waals surface area contributed by atoms with Gasteiger partial charge in [-0.05, 0) is 50.8 Å². The number of carbonyl (C=O) groups is 1. The third-order valence-corrected chi connectivity index (χ3v) is 4.85. The van der Waals surface area contributed by atoms with E-state index in [0.717, 1.165) is 53.0 Å². The number of hydrogen-bond acceptors (Lipinski definition) is 5. The maximum Gasteiger partial charge on any atom is 0.265 e. The number of amides is 1. The molecule has 0 unspecified atom stereocenters. The highest BCUT2D eigenvalue weighted by atomic mass is 32.1. The topological polar surface area (TPSA) is 58.1 Å². The summed E-state index contributed by atoms with van der Waals surface area (Å²) in [6.45, 7) is 5.63. The van der Waals surface area contributed by atoms with Gasteiger partial charge in [0.1, 0.15) is 10.7 Å². The van der Waals surface area contributed by atoms with Crippen molar-refractivity contribution in [3.8, 4) is 0 Å². The van der Waals surface area contributed by atoms with E-state index >= 15 is 0 Å². The van der Waals surface area contributed by atoms with Gasteiger partial charge < -0.3 is 10.2 Å². The third-order valence-electron chi connectivity index (χ3n) is 3.78. The first-order valence-electron chi connectivity index (χ1n) is 7.60. The molecule has 0 saturated carbocycles. The van der Waals surface area contributed by atoms with E-state index in [1.54, 1.807) is 6.20 Å². The first-order chi connectivity index (χ1) is 10.6. The molecule has 0 aromatic carbocycles. The lowest BCUT2D eigenvalue weighted by atomic mass is 10.1. The first-order valence-corrected chi connectivity index (χ1v) is 8.41. The van der Waals surface area contributed by atoms with E-state index in [0.29, 0.717) is 0 Å². The lowest BCUT2D eigenvalue weighted by molar-refractivity contribution is 0.0728. The molecule has 1 fully saturated rings. The Morgan fingerprint density at radius 2 is 2.05 bits per heavy atom. The monoisotopic (exact) mass is 316 g/mol. The summed E-state index contributed by atoms with van der Waals surface area (Å²) in [5.41, 5.74) is 1.92. The van der Waals surface area contributed by atoms with Crippen molar-refractivity contribution in [3.63, 3.8) is 0 Å². The highest BCUT2D eigenvalue weighted by Gasteiger charge is 2.23. The van der Waals surface area contributed by atoms with Crippen LogP contribution in [0.3, 0.4) is 0 Å². The number of hydrogen-bond donors (Lipinski definition) is 1. The molecule has 0 radical (unpaired) electrons. The van der Waals surface area contributed by atoms with Crippen molar-refractivity contribution in [1.29, 1.82) is 0 Å². The number of thiazole rings is 1. The van der Waals surface area contributed by atoms with Gasteiger partial charge in [0.2, 0.25) is 0 Å². The quantitative estimate of drug-likeness (QED) is 0.941. The van der Waals surface area contributed by atoms with E-state index in [-0.39, 0.29) is 5.91 Å². The van der Waals surface area contributed by atoms with Crippen LogP contribution in [0, 0.1) is 13.8 Å². The molecule has 2 aromatic heterocycles. The Balaban J connectivity index is 1.77. The number of anilines is 2. The zero-order valence-corrected chi connectivity index (χ0v) is 13.7.